The Balaban J connectivity index is 1.45. The van der Waals surface area contributed by atoms with Gasteiger partial charge in [0, 0.05) is 24.2 Å². The molecule has 2 aromatic carbocycles. The van der Waals surface area contributed by atoms with Crippen molar-refractivity contribution >= 4 is 11.6 Å². The lowest BCUT2D eigenvalue weighted by atomic mass is 10.1. The fraction of sp³-hybridized carbons (Fsp3) is 0.348. The second-order valence-corrected chi connectivity index (χ2v) is 7.52. The molecule has 6 nitrogen and oxygen atoms in total. The molecule has 1 aliphatic rings. The molecule has 3 aromatic rings. The number of amides is 1. The van der Waals surface area contributed by atoms with E-state index in [-0.39, 0.29) is 24.1 Å². The van der Waals surface area contributed by atoms with Gasteiger partial charge in [0.05, 0.1) is 12.5 Å². The molecule has 7 heteroatoms. The number of benzene rings is 2. The highest BCUT2D eigenvalue weighted by atomic mass is 19.1. The van der Waals surface area contributed by atoms with Crippen LogP contribution in [-0.4, -0.2) is 29.2 Å². The van der Waals surface area contributed by atoms with Gasteiger partial charge >= 0.3 is 0 Å². The Hall–Kier alpha value is -3.22. The second kappa shape index (κ2) is 8.65. The van der Waals surface area contributed by atoms with Crippen molar-refractivity contribution in [1.29, 1.82) is 0 Å². The van der Waals surface area contributed by atoms with E-state index in [9.17, 15) is 9.18 Å². The Morgan fingerprint density at radius 1 is 1.23 bits per heavy atom. The van der Waals surface area contributed by atoms with Crippen LogP contribution in [0.15, 0.2) is 47.0 Å². The summed E-state index contributed by atoms with van der Waals surface area (Å²) in [7, 11) is 0. The van der Waals surface area contributed by atoms with E-state index in [0.717, 1.165) is 24.2 Å². The van der Waals surface area contributed by atoms with Gasteiger partial charge in [-0.1, -0.05) is 18.5 Å². The summed E-state index contributed by atoms with van der Waals surface area (Å²) in [6, 6.07) is 12.2. The zero-order chi connectivity index (χ0) is 21.1. The third kappa shape index (κ3) is 4.20. The molecule has 0 radical (unpaired) electrons. The number of unbranched alkanes of at least 4 members (excludes halogenated alkanes) is 1. The molecule has 0 N–H and O–H groups in total. The molecular formula is C23H24FN3O3. The maximum absolute atomic E-state index is 13.5. The van der Waals surface area contributed by atoms with Gasteiger partial charge in [-0.2, -0.15) is 4.98 Å². The highest BCUT2D eigenvalue weighted by Crippen LogP contribution is 2.32. The van der Waals surface area contributed by atoms with Crippen molar-refractivity contribution in [2.75, 3.05) is 18.1 Å². The van der Waals surface area contributed by atoms with Crippen molar-refractivity contribution in [2.45, 2.75) is 39.0 Å². The molecule has 1 saturated heterocycles. The molecule has 4 rings (SSSR count). The van der Waals surface area contributed by atoms with Crippen LogP contribution in [-0.2, 0) is 4.79 Å². The first-order chi connectivity index (χ1) is 14.5. The van der Waals surface area contributed by atoms with Gasteiger partial charge < -0.3 is 14.2 Å². The Morgan fingerprint density at radius 2 is 2.03 bits per heavy atom. The number of aryl methyl sites for hydroxylation is 1. The summed E-state index contributed by atoms with van der Waals surface area (Å²) >= 11 is 0. The van der Waals surface area contributed by atoms with Gasteiger partial charge in [-0.15, -0.1) is 0 Å². The molecule has 1 atom stereocenters. The number of hydrogen-bond donors (Lipinski definition) is 0. The van der Waals surface area contributed by atoms with E-state index in [1.54, 1.807) is 24.0 Å². The third-order valence-electron chi connectivity index (χ3n) is 5.25. The molecule has 0 aliphatic carbocycles. The molecule has 1 unspecified atom stereocenters. The van der Waals surface area contributed by atoms with E-state index >= 15 is 0 Å². The van der Waals surface area contributed by atoms with Crippen LogP contribution in [0.25, 0.3) is 11.4 Å². The van der Waals surface area contributed by atoms with Crippen LogP contribution in [0.4, 0.5) is 10.1 Å². The summed E-state index contributed by atoms with van der Waals surface area (Å²) < 4.78 is 24.7. The summed E-state index contributed by atoms with van der Waals surface area (Å²) in [5.74, 6) is 1.20. The van der Waals surface area contributed by atoms with Crippen LogP contribution in [0.1, 0.15) is 43.6 Å². The average Bonchev–Trinajstić information content (AvgIpc) is 3.38. The fourth-order valence-corrected chi connectivity index (χ4v) is 3.47. The van der Waals surface area contributed by atoms with E-state index in [1.807, 2.05) is 24.3 Å². The van der Waals surface area contributed by atoms with Crippen molar-refractivity contribution < 1.29 is 18.4 Å². The van der Waals surface area contributed by atoms with Crippen molar-refractivity contribution in [1.82, 2.24) is 10.1 Å². The number of ether oxygens (including phenoxy) is 1. The molecule has 0 bridgehead atoms. The van der Waals surface area contributed by atoms with Gasteiger partial charge in [0.25, 0.3) is 0 Å². The molecule has 0 spiro atoms. The van der Waals surface area contributed by atoms with Crippen LogP contribution in [0.3, 0.4) is 0 Å². The van der Waals surface area contributed by atoms with Crippen molar-refractivity contribution in [3.63, 3.8) is 0 Å². The lowest BCUT2D eigenvalue weighted by Gasteiger charge is -2.16. The summed E-state index contributed by atoms with van der Waals surface area (Å²) in [6.07, 6.45) is 2.39. The molecule has 1 aromatic heterocycles. The molecular weight excluding hydrogens is 385 g/mol. The first-order valence-electron chi connectivity index (χ1n) is 10.2. The summed E-state index contributed by atoms with van der Waals surface area (Å²) in [4.78, 5) is 18.7. The maximum Gasteiger partial charge on any atom is 0.232 e. The van der Waals surface area contributed by atoms with E-state index in [2.05, 4.69) is 17.1 Å². The zero-order valence-corrected chi connectivity index (χ0v) is 17.1. The van der Waals surface area contributed by atoms with E-state index in [4.69, 9.17) is 9.26 Å². The van der Waals surface area contributed by atoms with Crippen LogP contribution in [0.5, 0.6) is 5.75 Å². The fourth-order valence-electron chi connectivity index (χ4n) is 3.47. The Labute approximate surface area is 174 Å². The van der Waals surface area contributed by atoms with Gasteiger partial charge in [0.15, 0.2) is 0 Å². The van der Waals surface area contributed by atoms with Crippen LogP contribution >= 0.6 is 0 Å². The Bertz CT molecular complexity index is 1030. The number of halogens is 1. The molecule has 1 amide bonds. The van der Waals surface area contributed by atoms with Gasteiger partial charge in [0.2, 0.25) is 17.6 Å². The lowest BCUT2D eigenvalue weighted by Crippen LogP contribution is -2.24. The smallest absolute Gasteiger partial charge is 0.232 e. The Kier molecular flexibility index (Phi) is 5.79. The summed E-state index contributed by atoms with van der Waals surface area (Å²) in [5, 5.41) is 4.08. The highest BCUT2D eigenvalue weighted by molar-refractivity contribution is 5.96. The van der Waals surface area contributed by atoms with Gasteiger partial charge in [-0.05, 0) is 61.4 Å². The molecule has 0 saturated carbocycles. The number of carbonyl (C=O) groups excluding carboxylic acids is 1. The van der Waals surface area contributed by atoms with E-state index < -0.39 is 0 Å². The Morgan fingerprint density at radius 3 is 2.77 bits per heavy atom. The quantitative estimate of drug-likeness (QED) is 0.520. The first kappa shape index (κ1) is 20.1. The number of nitrogens with zero attached hydrogens (tertiary/aromatic N) is 3. The number of rotatable bonds is 7. The second-order valence-electron chi connectivity index (χ2n) is 7.52. The van der Waals surface area contributed by atoms with Crippen molar-refractivity contribution in [2.24, 2.45) is 0 Å². The number of aromatic nitrogens is 2. The molecule has 1 aliphatic heterocycles. The number of carbonyl (C=O) groups is 1. The zero-order valence-electron chi connectivity index (χ0n) is 17.1. The highest BCUT2D eigenvalue weighted by Gasteiger charge is 2.35. The van der Waals surface area contributed by atoms with Crippen LogP contribution in [0.2, 0.25) is 0 Å². The van der Waals surface area contributed by atoms with Gasteiger partial charge in [0.1, 0.15) is 11.6 Å². The summed E-state index contributed by atoms with van der Waals surface area (Å²) in [6.45, 7) is 4.93. The predicted molar refractivity (Wildman–Crippen MR) is 111 cm³/mol. The minimum Gasteiger partial charge on any atom is -0.494 e. The molecule has 156 valence electrons. The maximum atomic E-state index is 13.5. The van der Waals surface area contributed by atoms with Crippen molar-refractivity contribution in [3.05, 3.63) is 59.7 Å². The van der Waals surface area contributed by atoms with E-state index in [0.29, 0.717) is 36.1 Å². The van der Waals surface area contributed by atoms with Gasteiger partial charge in [-0.25, -0.2) is 4.39 Å². The monoisotopic (exact) mass is 409 g/mol. The SMILES string of the molecule is CCCCOc1ccc(-c2noc(C3CC(=O)N(c4ccc(F)c(C)c4)C3)n2)cc1. The lowest BCUT2D eigenvalue weighted by molar-refractivity contribution is -0.117. The van der Waals surface area contributed by atoms with Crippen molar-refractivity contribution in [3.8, 4) is 17.1 Å². The topological polar surface area (TPSA) is 68.5 Å². The largest absolute Gasteiger partial charge is 0.494 e. The first-order valence-corrected chi connectivity index (χ1v) is 10.2. The summed E-state index contributed by atoms with van der Waals surface area (Å²) in [5.41, 5.74) is 2.01. The molecule has 30 heavy (non-hydrogen) atoms. The normalized spacial score (nSPS) is 16.3. The predicted octanol–water partition coefficient (Wildman–Crippen LogP) is 4.88. The van der Waals surface area contributed by atoms with Gasteiger partial charge in [-0.3, -0.25) is 4.79 Å². The molecule has 1 fully saturated rings. The number of anilines is 1. The minimum atomic E-state index is -0.287. The molecule has 2 heterocycles. The minimum absolute atomic E-state index is 0.0423. The van der Waals surface area contributed by atoms with Crippen LogP contribution < -0.4 is 9.64 Å². The standard InChI is InChI=1S/C23H24FN3O3/c1-3-4-11-29-19-8-5-16(6-9-19)22-25-23(30-26-22)17-13-21(28)27(14-17)18-7-10-20(24)15(2)12-18/h5-10,12,17H,3-4,11,13-14H2,1-2H3. The third-order valence-corrected chi connectivity index (χ3v) is 5.25. The number of hydrogen-bond acceptors (Lipinski definition) is 5. The average molecular weight is 409 g/mol. The van der Waals surface area contributed by atoms with E-state index in [1.165, 1.54) is 6.07 Å². The van der Waals surface area contributed by atoms with Crippen LogP contribution in [0, 0.1) is 12.7 Å².